The van der Waals surface area contributed by atoms with Gasteiger partial charge in [0.05, 0.1) is 5.52 Å². The molecule has 1 unspecified atom stereocenters. The van der Waals surface area contributed by atoms with Crippen molar-refractivity contribution >= 4 is 40.1 Å². The topological polar surface area (TPSA) is 29.0 Å². The molecule has 18 heavy (non-hydrogen) atoms. The van der Waals surface area contributed by atoms with Gasteiger partial charge < -0.3 is 4.90 Å². The molecule has 5 heteroatoms. The molecule has 94 valence electrons. The number of benzene rings is 1. The Balaban J connectivity index is 2.09. The summed E-state index contributed by atoms with van der Waals surface area (Å²) < 4.78 is 0. The van der Waals surface area contributed by atoms with E-state index in [4.69, 9.17) is 11.6 Å². The number of hydrogen-bond acceptors (Lipinski definition) is 4. The number of aromatic nitrogens is 2. The van der Waals surface area contributed by atoms with Crippen molar-refractivity contribution in [1.82, 2.24) is 9.97 Å². The summed E-state index contributed by atoms with van der Waals surface area (Å²) in [5, 5.41) is 1.39. The molecule has 0 saturated carbocycles. The number of nitrogens with zero attached hydrogens (tertiary/aromatic N) is 3. The Kier molecular flexibility index (Phi) is 3.31. The number of rotatable bonds is 2. The van der Waals surface area contributed by atoms with Crippen LogP contribution in [0, 0.1) is 0 Å². The molecule has 1 aromatic carbocycles. The summed E-state index contributed by atoms with van der Waals surface area (Å²) in [6.45, 7) is 0. The van der Waals surface area contributed by atoms with Crippen LogP contribution in [-0.4, -0.2) is 34.6 Å². The Bertz CT molecular complexity index is 569. The Hall–Kier alpha value is -1.00. The third-order valence-electron chi connectivity index (χ3n) is 3.34. The highest BCUT2D eigenvalue weighted by atomic mass is 35.5. The van der Waals surface area contributed by atoms with Gasteiger partial charge in [0.15, 0.2) is 0 Å². The zero-order valence-corrected chi connectivity index (χ0v) is 11.7. The second-order valence-corrected chi connectivity index (χ2v) is 5.95. The second-order valence-electron chi connectivity index (χ2n) is 4.46. The first-order valence-electron chi connectivity index (χ1n) is 5.98. The molecule has 0 radical (unpaired) electrons. The van der Waals surface area contributed by atoms with Crippen LogP contribution in [0.4, 0.5) is 5.82 Å². The number of anilines is 1. The molecule has 1 aromatic heterocycles. The van der Waals surface area contributed by atoms with Gasteiger partial charge in [-0.3, -0.25) is 0 Å². The standard InChI is InChI=1S/C13H14ClN3S/c1-17(9-6-7-18-8-9)12-10-4-2-3-5-11(10)15-13(14)16-12/h2-5,9H,6-8H2,1H3. The minimum Gasteiger partial charge on any atom is -0.355 e. The van der Waals surface area contributed by atoms with Crippen molar-refractivity contribution in [3.05, 3.63) is 29.5 Å². The smallest absolute Gasteiger partial charge is 0.224 e. The fourth-order valence-electron chi connectivity index (χ4n) is 2.30. The van der Waals surface area contributed by atoms with E-state index in [1.165, 1.54) is 12.2 Å². The highest BCUT2D eigenvalue weighted by molar-refractivity contribution is 7.99. The predicted octanol–water partition coefficient (Wildman–Crippen LogP) is 3.22. The van der Waals surface area contributed by atoms with E-state index in [1.54, 1.807) is 0 Å². The quantitative estimate of drug-likeness (QED) is 0.790. The van der Waals surface area contributed by atoms with Gasteiger partial charge in [-0.1, -0.05) is 12.1 Å². The molecular formula is C13H14ClN3S. The fraction of sp³-hybridized carbons (Fsp3) is 0.385. The molecule has 0 bridgehead atoms. The van der Waals surface area contributed by atoms with Crippen molar-refractivity contribution in [3.63, 3.8) is 0 Å². The number of hydrogen-bond donors (Lipinski definition) is 0. The Morgan fingerprint density at radius 1 is 1.33 bits per heavy atom. The van der Waals surface area contributed by atoms with Crippen molar-refractivity contribution in [2.75, 3.05) is 23.5 Å². The van der Waals surface area contributed by atoms with Gasteiger partial charge in [0, 0.05) is 24.2 Å². The molecular weight excluding hydrogens is 266 g/mol. The van der Waals surface area contributed by atoms with Gasteiger partial charge in [-0.25, -0.2) is 4.98 Å². The van der Waals surface area contributed by atoms with E-state index in [-0.39, 0.29) is 0 Å². The second kappa shape index (κ2) is 4.94. The molecule has 3 rings (SSSR count). The molecule has 3 nitrogen and oxygen atoms in total. The molecule has 0 aliphatic carbocycles. The first kappa shape index (κ1) is 12.1. The van der Waals surface area contributed by atoms with Crippen LogP contribution >= 0.6 is 23.4 Å². The maximum absolute atomic E-state index is 6.02. The zero-order valence-electron chi connectivity index (χ0n) is 10.1. The monoisotopic (exact) mass is 279 g/mol. The van der Waals surface area contributed by atoms with E-state index in [1.807, 2.05) is 30.0 Å². The summed E-state index contributed by atoms with van der Waals surface area (Å²) in [6, 6.07) is 8.56. The molecule has 0 amide bonds. The lowest BCUT2D eigenvalue weighted by Crippen LogP contribution is -2.32. The van der Waals surface area contributed by atoms with Crippen LogP contribution in [0.1, 0.15) is 6.42 Å². The highest BCUT2D eigenvalue weighted by Gasteiger charge is 2.23. The molecule has 0 spiro atoms. The summed E-state index contributed by atoms with van der Waals surface area (Å²) in [6.07, 6.45) is 1.21. The summed E-state index contributed by atoms with van der Waals surface area (Å²) in [7, 11) is 2.10. The van der Waals surface area contributed by atoms with Crippen molar-refractivity contribution < 1.29 is 0 Å². The molecule has 1 fully saturated rings. The number of thioether (sulfide) groups is 1. The largest absolute Gasteiger partial charge is 0.355 e. The van der Waals surface area contributed by atoms with Gasteiger partial charge in [0.25, 0.3) is 0 Å². The average molecular weight is 280 g/mol. The van der Waals surface area contributed by atoms with Crippen LogP contribution in [0.25, 0.3) is 10.9 Å². The van der Waals surface area contributed by atoms with Crippen LogP contribution in [0.5, 0.6) is 0 Å². The predicted molar refractivity (Wildman–Crippen MR) is 78.7 cm³/mol. The minimum absolute atomic E-state index is 0.321. The van der Waals surface area contributed by atoms with E-state index in [9.17, 15) is 0 Å². The maximum atomic E-state index is 6.02. The van der Waals surface area contributed by atoms with Gasteiger partial charge in [0.1, 0.15) is 5.82 Å². The van der Waals surface area contributed by atoms with Crippen molar-refractivity contribution in [2.24, 2.45) is 0 Å². The Labute approximate surface area is 116 Å². The van der Waals surface area contributed by atoms with E-state index in [0.717, 1.165) is 22.5 Å². The first-order chi connectivity index (χ1) is 8.75. The van der Waals surface area contributed by atoms with Gasteiger partial charge in [-0.05, 0) is 35.9 Å². The van der Waals surface area contributed by atoms with Crippen molar-refractivity contribution in [3.8, 4) is 0 Å². The van der Waals surface area contributed by atoms with E-state index in [2.05, 4.69) is 28.0 Å². The SMILES string of the molecule is CN(c1nc(Cl)nc2ccccc12)C1CCSC1. The van der Waals surface area contributed by atoms with Gasteiger partial charge in [0.2, 0.25) is 5.28 Å². The lowest BCUT2D eigenvalue weighted by Gasteiger charge is -2.25. The maximum Gasteiger partial charge on any atom is 0.224 e. The van der Waals surface area contributed by atoms with Crippen LogP contribution in [0.15, 0.2) is 24.3 Å². The number of halogens is 1. The summed E-state index contributed by atoms with van der Waals surface area (Å²) in [5.74, 6) is 3.33. The Morgan fingerprint density at radius 2 is 2.17 bits per heavy atom. The molecule has 2 heterocycles. The number of para-hydroxylation sites is 1. The van der Waals surface area contributed by atoms with Gasteiger partial charge >= 0.3 is 0 Å². The Morgan fingerprint density at radius 3 is 2.94 bits per heavy atom. The molecule has 1 atom stereocenters. The lowest BCUT2D eigenvalue weighted by molar-refractivity contribution is 0.693. The number of fused-ring (bicyclic) bond motifs is 1. The van der Waals surface area contributed by atoms with Crippen molar-refractivity contribution in [2.45, 2.75) is 12.5 Å². The lowest BCUT2D eigenvalue weighted by atomic mass is 10.2. The first-order valence-corrected chi connectivity index (χ1v) is 7.52. The fourth-order valence-corrected chi connectivity index (χ4v) is 3.74. The summed E-state index contributed by atoms with van der Waals surface area (Å²) >= 11 is 8.02. The molecule has 1 aliphatic heterocycles. The zero-order chi connectivity index (χ0) is 12.5. The normalized spacial score (nSPS) is 19.3. The van der Waals surface area contributed by atoms with Gasteiger partial charge in [-0.15, -0.1) is 0 Å². The van der Waals surface area contributed by atoms with E-state index >= 15 is 0 Å². The third-order valence-corrected chi connectivity index (χ3v) is 4.66. The van der Waals surface area contributed by atoms with E-state index < -0.39 is 0 Å². The molecule has 1 aliphatic rings. The van der Waals surface area contributed by atoms with Crippen LogP contribution in [0.2, 0.25) is 5.28 Å². The molecule has 0 N–H and O–H groups in total. The van der Waals surface area contributed by atoms with E-state index in [0.29, 0.717) is 11.3 Å². The van der Waals surface area contributed by atoms with Crippen LogP contribution in [0.3, 0.4) is 0 Å². The highest BCUT2D eigenvalue weighted by Crippen LogP contribution is 2.30. The third kappa shape index (κ3) is 2.15. The summed E-state index contributed by atoms with van der Waals surface area (Å²) in [4.78, 5) is 10.9. The van der Waals surface area contributed by atoms with Crippen LogP contribution < -0.4 is 4.90 Å². The minimum atomic E-state index is 0.321. The van der Waals surface area contributed by atoms with Crippen LogP contribution in [-0.2, 0) is 0 Å². The van der Waals surface area contributed by atoms with Crippen molar-refractivity contribution in [1.29, 1.82) is 0 Å². The average Bonchev–Trinajstić information content (AvgIpc) is 2.90. The molecule has 2 aromatic rings. The van der Waals surface area contributed by atoms with Gasteiger partial charge in [-0.2, -0.15) is 16.7 Å². The molecule has 1 saturated heterocycles. The summed E-state index contributed by atoms with van der Waals surface area (Å²) in [5.41, 5.74) is 0.907.